The number of carbonyl (C=O) groups is 1. The van der Waals surface area contributed by atoms with Crippen LogP contribution in [0.5, 0.6) is 0 Å². The number of fused-ring (bicyclic) bond motifs is 1. The first kappa shape index (κ1) is 18.6. The van der Waals surface area contributed by atoms with E-state index in [9.17, 15) is 4.79 Å². The summed E-state index contributed by atoms with van der Waals surface area (Å²) in [5.74, 6) is 0.123. The zero-order chi connectivity index (χ0) is 16.2. The van der Waals surface area contributed by atoms with Crippen LogP contribution >= 0.6 is 28.3 Å². The first-order valence-electron chi connectivity index (χ1n) is 7.70. The molecule has 0 aliphatic carbocycles. The van der Waals surface area contributed by atoms with Gasteiger partial charge in [-0.15, -0.1) is 12.4 Å². The molecule has 1 N–H and O–H groups in total. The number of benzene rings is 2. The number of para-hydroxylation sites is 2. The molecule has 0 saturated carbocycles. The van der Waals surface area contributed by atoms with Crippen molar-refractivity contribution >= 4 is 45.6 Å². The van der Waals surface area contributed by atoms with Crippen LogP contribution in [0.2, 0.25) is 0 Å². The SMILES string of the molecule is CN(Cc1ccccc1Br)C(=O)CN1CCNc2ccccc21.Cl. The predicted molar refractivity (Wildman–Crippen MR) is 105 cm³/mol. The van der Waals surface area contributed by atoms with Gasteiger partial charge in [0.05, 0.1) is 17.9 Å². The molecule has 0 bridgehead atoms. The Labute approximate surface area is 157 Å². The number of nitrogens with one attached hydrogen (secondary N) is 1. The fourth-order valence-corrected chi connectivity index (χ4v) is 3.17. The summed E-state index contributed by atoms with van der Waals surface area (Å²) in [7, 11) is 1.86. The van der Waals surface area contributed by atoms with Crippen LogP contribution in [0.1, 0.15) is 5.56 Å². The molecular formula is C18H21BrClN3O. The van der Waals surface area contributed by atoms with Crippen LogP contribution in [0, 0.1) is 0 Å². The molecule has 24 heavy (non-hydrogen) atoms. The summed E-state index contributed by atoms with van der Waals surface area (Å²) in [4.78, 5) is 16.5. The van der Waals surface area contributed by atoms with Gasteiger partial charge in [0, 0.05) is 31.2 Å². The molecule has 1 amide bonds. The Morgan fingerprint density at radius 3 is 2.71 bits per heavy atom. The molecule has 0 spiro atoms. The maximum Gasteiger partial charge on any atom is 0.242 e. The molecule has 3 rings (SSSR count). The van der Waals surface area contributed by atoms with Crippen molar-refractivity contribution in [3.8, 4) is 0 Å². The molecule has 1 aliphatic heterocycles. The monoisotopic (exact) mass is 409 g/mol. The topological polar surface area (TPSA) is 35.6 Å². The van der Waals surface area contributed by atoms with Crippen molar-refractivity contribution in [2.75, 3.05) is 36.9 Å². The minimum atomic E-state index is 0. The minimum absolute atomic E-state index is 0. The van der Waals surface area contributed by atoms with Gasteiger partial charge in [0.1, 0.15) is 0 Å². The number of hydrogen-bond acceptors (Lipinski definition) is 3. The number of carbonyl (C=O) groups excluding carboxylic acids is 1. The largest absolute Gasteiger partial charge is 0.382 e. The zero-order valence-electron chi connectivity index (χ0n) is 13.5. The second kappa shape index (κ2) is 8.40. The molecule has 2 aromatic carbocycles. The van der Waals surface area contributed by atoms with Gasteiger partial charge in [-0.1, -0.05) is 46.3 Å². The summed E-state index contributed by atoms with van der Waals surface area (Å²) in [5, 5.41) is 3.37. The van der Waals surface area contributed by atoms with E-state index in [2.05, 4.69) is 38.3 Å². The van der Waals surface area contributed by atoms with Gasteiger partial charge in [-0.2, -0.15) is 0 Å². The molecule has 0 radical (unpaired) electrons. The average molecular weight is 411 g/mol. The molecule has 0 aromatic heterocycles. The Morgan fingerprint density at radius 2 is 1.92 bits per heavy atom. The molecule has 0 atom stereocenters. The number of halogens is 2. The van der Waals surface area contributed by atoms with E-state index in [1.165, 1.54) is 0 Å². The standard InChI is InChI=1S/C18H20BrN3O.ClH/c1-21(12-14-6-2-3-7-15(14)19)18(23)13-22-11-10-20-16-8-4-5-9-17(16)22;/h2-9,20H,10-13H2,1H3;1H. The molecule has 0 saturated heterocycles. The molecule has 4 nitrogen and oxygen atoms in total. The van der Waals surface area contributed by atoms with Crippen molar-refractivity contribution in [1.29, 1.82) is 0 Å². The van der Waals surface area contributed by atoms with Crippen LogP contribution in [0.3, 0.4) is 0 Å². The van der Waals surface area contributed by atoms with Crippen molar-refractivity contribution < 1.29 is 4.79 Å². The van der Waals surface area contributed by atoms with Gasteiger partial charge in [-0.05, 0) is 23.8 Å². The second-order valence-electron chi connectivity index (χ2n) is 5.71. The quantitative estimate of drug-likeness (QED) is 0.833. The van der Waals surface area contributed by atoms with E-state index < -0.39 is 0 Å². The molecule has 128 valence electrons. The summed E-state index contributed by atoms with van der Waals surface area (Å²) < 4.78 is 1.03. The Hall–Kier alpha value is -1.72. The average Bonchev–Trinajstić information content (AvgIpc) is 2.57. The third-order valence-electron chi connectivity index (χ3n) is 4.06. The smallest absolute Gasteiger partial charge is 0.242 e. The third-order valence-corrected chi connectivity index (χ3v) is 4.83. The predicted octanol–water partition coefficient (Wildman–Crippen LogP) is 3.76. The molecule has 2 aromatic rings. The Balaban J connectivity index is 0.00000208. The normalized spacial score (nSPS) is 12.7. The van der Waals surface area contributed by atoms with E-state index in [-0.39, 0.29) is 18.3 Å². The molecule has 0 unspecified atom stereocenters. The maximum atomic E-state index is 12.6. The lowest BCUT2D eigenvalue weighted by Gasteiger charge is -2.32. The number of anilines is 2. The van der Waals surface area contributed by atoms with Gasteiger partial charge >= 0.3 is 0 Å². The Kier molecular flexibility index (Phi) is 6.52. The van der Waals surface area contributed by atoms with Gasteiger partial charge in [0.25, 0.3) is 0 Å². The Bertz CT molecular complexity index is 710. The van der Waals surface area contributed by atoms with Gasteiger partial charge in [0.2, 0.25) is 5.91 Å². The summed E-state index contributed by atoms with van der Waals surface area (Å²) in [5.41, 5.74) is 3.31. The van der Waals surface area contributed by atoms with E-state index in [0.717, 1.165) is 34.5 Å². The van der Waals surface area contributed by atoms with E-state index in [0.29, 0.717) is 13.1 Å². The highest BCUT2D eigenvalue weighted by Crippen LogP contribution is 2.28. The first-order chi connectivity index (χ1) is 11.1. The summed E-state index contributed by atoms with van der Waals surface area (Å²) in [6, 6.07) is 16.1. The lowest BCUT2D eigenvalue weighted by Crippen LogP contribution is -2.42. The van der Waals surface area contributed by atoms with Gasteiger partial charge in [0.15, 0.2) is 0 Å². The minimum Gasteiger partial charge on any atom is -0.382 e. The molecule has 0 fully saturated rings. The van der Waals surface area contributed by atoms with Crippen LogP contribution in [-0.4, -0.2) is 37.5 Å². The number of likely N-dealkylation sites (N-methyl/N-ethyl adjacent to an activating group) is 1. The third kappa shape index (κ3) is 4.22. The number of rotatable bonds is 4. The van der Waals surface area contributed by atoms with Crippen LogP contribution < -0.4 is 10.2 Å². The van der Waals surface area contributed by atoms with Gasteiger partial charge in [-0.3, -0.25) is 4.79 Å². The van der Waals surface area contributed by atoms with Crippen LogP contribution in [0.15, 0.2) is 53.0 Å². The highest BCUT2D eigenvalue weighted by molar-refractivity contribution is 9.10. The van der Waals surface area contributed by atoms with Crippen LogP contribution in [0.25, 0.3) is 0 Å². The maximum absolute atomic E-state index is 12.6. The van der Waals surface area contributed by atoms with Crippen molar-refractivity contribution in [3.05, 3.63) is 58.6 Å². The molecule has 1 aliphatic rings. The van der Waals surface area contributed by atoms with E-state index in [1.807, 2.05) is 43.4 Å². The summed E-state index contributed by atoms with van der Waals surface area (Å²) in [6.07, 6.45) is 0. The van der Waals surface area contributed by atoms with E-state index >= 15 is 0 Å². The van der Waals surface area contributed by atoms with Crippen molar-refractivity contribution in [2.45, 2.75) is 6.54 Å². The fourth-order valence-electron chi connectivity index (χ4n) is 2.76. The van der Waals surface area contributed by atoms with Gasteiger partial charge < -0.3 is 15.1 Å². The second-order valence-corrected chi connectivity index (χ2v) is 6.56. The van der Waals surface area contributed by atoms with E-state index in [1.54, 1.807) is 4.90 Å². The van der Waals surface area contributed by atoms with Crippen molar-refractivity contribution in [1.82, 2.24) is 4.90 Å². The zero-order valence-corrected chi connectivity index (χ0v) is 15.9. The lowest BCUT2D eigenvalue weighted by molar-refractivity contribution is -0.128. The first-order valence-corrected chi connectivity index (χ1v) is 8.49. The van der Waals surface area contributed by atoms with Crippen molar-refractivity contribution in [2.24, 2.45) is 0 Å². The Morgan fingerprint density at radius 1 is 1.21 bits per heavy atom. The number of hydrogen-bond donors (Lipinski definition) is 1. The molecule has 1 heterocycles. The molecule has 6 heteroatoms. The fraction of sp³-hybridized carbons (Fsp3) is 0.278. The number of amides is 1. The lowest BCUT2D eigenvalue weighted by atomic mass is 10.2. The highest BCUT2D eigenvalue weighted by atomic mass is 79.9. The van der Waals surface area contributed by atoms with Crippen LogP contribution in [-0.2, 0) is 11.3 Å². The van der Waals surface area contributed by atoms with Crippen LogP contribution in [0.4, 0.5) is 11.4 Å². The van der Waals surface area contributed by atoms with Crippen molar-refractivity contribution in [3.63, 3.8) is 0 Å². The van der Waals surface area contributed by atoms with Gasteiger partial charge in [-0.25, -0.2) is 0 Å². The summed E-state index contributed by atoms with van der Waals surface area (Å²) in [6.45, 7) is 2.71. The number of nitrogens with zero attached hydrogens (tertiary/aromatic N) is 2. The summed E-state index contributed by atoms with van der Waals surface area (Å²) >= 11 is 3.54. The highest BCUT2D eigenvalue weighted by Gasteiger charge is 2.20. The molecular weight excluding hydrogens is 390 g/mol. The van der Waals surface area contributed by atoms with E-state index in [4.69, 9.17) is 0 Å².